The number of benzene rings is 1. The zero-order valence-electron chi connectivity index (χ0n) is 10.7. The zero-order chi connectivity index (χ0) is 13.0. The molecule has 18 heavy (non-hydrogen) atoms. The van der Waals surface area contributed by atoms with E-state index in [1.807, 2.05) is 19.1 Å². The number of aryl methyl sites for hydroxylation is 1. The van der Waals surface area contributed by atoms with Crippen LogP contribution in [0.25, 0.3) is 0 Å². The predicted octanol–water partition coefficient (Wildman–Crippen LogP) is 1.88. The number of ether oxygens (including phenoxy) is 1. The van der Waals surface area contributed by atoms with E-state index < -0.39 is 0 Å². The summed E-state index contributed by atoms with van der Waals surface area (Å²) in [6.45, 7) is 3.31. The molecule has 1 amide bonds. The van der Waals surface area contributed by atoms with Crippen LogP contribution in [0.1, 0.15) is 35.2 Å². The Bertz CT molecular complexity index is 426. The van der Waals surface area contributed by atoms with E-state index in [9.17, 15) is 4.79 Å². The molecule has 1 fully saturated rings. The Balaban J connectivity index is 1.92. The molecule has 0 bridgehead atoms. The van der Waals surface area contributed by atoms with E-state index >= 15 is 0 Å². The average Bonchev–Trinajstić information content (AvgIpc) is 2.40. The fourth-order valence-corrected chi connectivity index (χ4v) is 2.14. The Hall–Kier alpha value is -1.55. The van der Waals surface area contributed by atoms with E-state index in [4.69, 9.17) is 10.5 Å². The van der Waals surface area contributed by atoms with Gasteiger partial charge in [0, 0.05) is 18.8 Å². The number of anilines is 1. The Morgan fingerprint density at radius 1 is 1.50 bits per heavy atom. The molecule has 0 aromatic heterocycles. The number of carbonyl (C=O) groups is 1. The molecule has 4 heteroatoms. The molecule has 1 saturated heterocycles. The van der Waals surface area contributed by atoms with Crippen molar-refractivity contribution in [3.8, 4) is 0 Å². The molecule has 0 aliphatic carbocycles. The summed E-state index contributed by atoms with van der Waals surface area (Å²) >= 11 is 0. The van der Waals surface area contributed by atoms with E-state index in [0.29, 0.717) is 17.8 Å². The van der Waals surface area contributed by atoms with E-state index in [2.05, 4.69) is 5.32 Å². The monoisotopic (exact) mass is 248 g/mol. The molecule has 1 unspecified atom stereocenters. The maximum Gasteiger partial charge on any atom is 0.253 e. The third kappa shape index (κ3) is 3.23. The fourth-order valence-electron chi connectivity index (χ4n) is 2.14. The summed E-state index contributed by atoms with van der Waals surface area (Å²) in [6, 6.07) is 5.48. The Kier molecular flexibility index (Phi) is 4.20. The highest BCUT2D eigenvalue weighted by molar-refractivity contribution is 5.99. The lowest BCUT2D eigenvalue weighted by Crippen LogP contribution is -2.35. The largest absolute Gasteiger partial charge is 0.398 e. The van der Waals surface area contributed by atoms with Gasteiger partial charge in [0.2, 0.25) is 0 Å². The number of nitrogens with one attached hydrogen (secondary N) is 1. The normalized spacial score (nSPS) is 19.5. The molecule has 0 spiro atoms. The molecule has 1 aromatic rings. The molecule has 1 heterocycles. The summed E-state index contributed by atoms with van der Waals surface area (Å²) in [4.78, 5) is 12.0. The van der Waals surface area contributed by atoms with Crippen LogP contribution >= 0.6 is 0 Å². The molecule has 98 valence electrons. The molecule has 1 atom stereocenters. The van der Waals surface area contributed by atoms with E-state index in [-0.39, 0.29) is 12.0 Å². The average molecular weight is 248 g/mol. The van der Waals surface area contributed by atoms with E-state index in [0.717, 1.165) is 25.0 Å². The molecule has 0 saturated carbocycles. The van der Waals surface area contributed by atoms with Crippen LogP contribution in [0, 0.1) is 6.92 Å². The molecule has 2 rings (SSSR count). The van der Waals surface area contributed by atoms with Crippen LogP contribution in [0.2, 0.25) is 0 Å². The van der Waals surface area contributed by atoms with Gasteiger partial charge in [0.05, 0.1) is 11.7 Å². The van der Waals surface area contributed by atoms with Crippen LogP contribution in [0.15, 0.2) is 18.2 Å². The first kappa shape index (κ1) is 12.9. The van der Waals surface area contributed by atoms with Crippen LogP contribution in [0.5, 0.6) is 0 Å². The van der Waals surface area contributed by atoms with Gasteiger partial charge in [0.25, 0.3) is 5.91 Å². The second-order valence-electron chi connectivity index (χ2n) is 4.79. The lowest BCUT2D eigenvalue weighted by molar-refractivity contribution is 0.0169. The minimum atomic E-state index is -0.120. The van der Waals surface area contributed by atoms with Crippen LogP contribution in [-0.2, 0) is 4.74 Å². The minimum Gasteiger partial charge on any atom is -0.398 e. The van der Waals surface area contributed by atoms with Crippen molar-refractivity contribution in [1.29, 1.82) is 0 Å². The highest BCUT2D eigenvalue weighted by Gasteiger charge is 2.16. The number of nitrogen functional groups attached to an aromatic ring is 1. The third-order valence-corrected chi connectivity index (χ3v) is 3.22. The van der Waals surface area contributed by atoms with Crippen molar-refractivity contribution in [1.82, 2.24) is 5.32 Å². The maximum atomic E-state index is 12.0. The smallest absolute Gasteiger partial charge is 0.253 e. The molecule has 1 aromatic carbocycles. The molecule has 4 nitrogen and oxygen atoms in total. The van der Waals surface area contributed by atoms with Crippen LogP contribution in [0.3, 0.4) is 0 Å². The molecule has 0 radical (unpaired) electrons. The second-order valence-corrected chi connectivity index (χ2v) is 4.79. The van der Waals surface area contributed by atoms with Gasteiger partial charge in [0.1, 0.15) is 0 Å². The first-order chi connectivity index (χ1) is 8.66. The lowest BCUT2D eigenvalue weighted by Gasteiger charge is -2.22. The Labute approximate surface area is 108 Å². The number of rotatable bonds is 3. The number of carbonyl (C=O) groups excluding carboxylic acids is 1. The Morgan fingerprint density at radius 3 is 3.06 bits per heavy atom. The molecular formula is C14H20N2O2. The van der Waals surface area contributed by atoms with Gasteiger partial charge >= 0.3 is 0 Å². The van der Waals surface area contributed by atoms with Crippen molar-refractivity contribution in [2.75, 3.05) is 18.9 Å². The summed E-state index contributed by atoms with van der Waals surface area (Å²) in [5, 5.41) is 2.89. The SMILES string of the molecule is Cc1ccc(N)c(C(=O)NCC2CCCCO2)c1. The fraction of sp³-hybridized carbons (Fsp3) is 0.500. The summed E-state index contributed by atoms with van der Waals surface area (Å²) in [5.41, 5.74) is 7.90. The van der Waals surface area contributed by atoms with Gasteiger partial charge in [-0.25, -0.2) is 0 Å². The summed E-state index contributed by atoms with van der Waals surface area (Å²) < 4.78 is 5.57. The molecule has 1 aliphatic rings. The maximum absolute atomic E-state index is 12.0. The van der Waals surface area contributed by atoms with Gasteiger partial charge in [-0.2, -0.15) is 0 Å². The summed E-state index contributed by atoms with van der Waals surface area (Å²) in [5.74, 6) is -0.120. The van der Waals surface area contributed by atoms with Crippen molar-refractivity contribution >= 4 is 11.6 Å². The van der Waals surface area contributed by atoms with E-state index in [1.54, 1.807) is 6.07 Å². The van der Waals surface area contributed by atoms with Gasteiger partial charge in [-0.3, -0.25) is 4.79 Å². The standard InChI is InChI=1S/C14H20N2O2/c1-10-5-6-13(15)12(8-10)14(17)16-9-11-4-2-3-7-18-11/h5-6,8,11H,2-4,7,9,15H2,1H3,(H,16,17). The third-order valence-electron chi connectivity index (χ3n) is 3.22. The highest BCUT2D eigenvalue weighted by Crippen LogP contribution is 2.15. The second kappa shape index (κ2) is 5.87. The zero-order valence-corrected chi connectivity index (χ0v) is 10.7. The predicted molar refractivity (Wildman–Crippen MR) is 71.5 cm³/mol. The van der Waals surface area contributed by atoms with Crippen molar-refractivity contribution in [3.63, 3.8) is 0 Å². The number of nitrogens with two attached hydrogens (primary N) is 1. The van der Waals surface area contributed by atoms with Gasteiger partial charge in [-0.15, -0.1) is 0 Å². The van der Waals surface area contributed by atoms with Crippen LogP contribution in [-0.4, -0.2) is 25.2 Å². The number of hydrogen-bond acceptors (Lipinski definition) is 3. The first-order valence-electron chi connectivity index (χ1n) is 6.43. The van der Waals surface area contributed by atoms with Crippen molar-refractivity contribution in [3.05, 3.63) is 29.3 Å². The number of amides is 1. The van der Waals surface area contributed by atoms with E-state index in [1.165, 1.54) is 6.42 Å². The van der Waals surface area contributed by atoms with Gasteiger partial charge in [-0.05, 0) is 38.3 Å². The van der Waals surface area contributed by atoms with Crippen molar-refractivity contribution < 1.29 is 9.53 Å². The lowest BCUT2D eigenvalue weighted by atomic mass is 10.1. The van der Waals surface area contributed by atoms with Crippen molar-refractivity contribution in [2.24, 2.45) is 0 Å². The highest BCUT2D eigenvalue weighted by atomic mass is 16.5. The van der Waals surface area contributed by atoms with Crippen LogP contribution in [0.4, 0.5) is 5.69 Å². The molecular weight excluding hydrogens is 228 g/mol. The van der Waals surface area contributed by atoms with Crippen LogP contribution < -0.4 is 11.1 Å². The number of hydrogen-bond donors (Lipinski definition) is 2. The van der Waals surface area contributed by atoms with Crippen molar-refractivity contribution in [2.45, 2.75) is 32.3 Å². The van der Waals surface area contributed by atoms with Gasteiger partial charge in [0.15, 0.2) is 0 Å². The minimum absolute atomic E-state index is 0.120. The summed E-state index contributed by atoms with van der Waals surface area (Å²) in [6.07, 6.45) is 3.46. The molecule has 1 aliphatic heterocycles. The first-order valence-corrected chi connectivity index (χ1v) is 6.43. The topological polar surface area (TPSA) is 64.4 Å². The quantitative estimate of drug-likeness (QED) is 0.803. The Morgan fingerprint density at radius 2 is 2.33 bits per heavy atom. The summed E-state index contributed by atoms with van der Waals surface area (Å²) in [7, 11) is 0. The molecule has 3 N–H and O–H groups in total. The van der Waals surface area contributed by atoms with Gasteiger partial charge in [-0.1, -0.05) is 11.6 Å². The van der Waals surface area contributed by atoms with Gasteiger partial charge < -0.3 is 15.8 Å².